The van der Waals surface area contributed by atoms with Gasteiger partial charge in [0.05, 0.1) is 0 Å². The Labute approximate surface area is 107 Å². The van der Waals surface area contributed by atoms with Crippen LogP contribution >= 0.6 is 0 Å². The standard InChI is InChI=1S/C12H16BN2O3/c1-14-6-8-15(9-7-14)12(16)10-2-4-11(5-3-10)18-13-17/h2-5,17H,6-9H2,1H3. The first kappa shape index (κ1) is 12.9. The Hall–Kier alpha value is -1.53. The molecule has 2 rings (SSSR count). The van der Waals surface area contributed by atoms with Gasteiger partial charge in [-0.2, -0.15) is 0 Å². The molecule has 1 heterocycles. The summed E-state index contributed by atoms with van der Waals surface area (Å²) in [5, 5.41) is 8.50. The first-order valence-electron chi connectivity index (χ1n) is 5.91. The second-order valence-electron chi connectivity index (χ2n) is 4.34. The lowest BCUT2D eigenvalue weighted by atomic mass is 10.1. The van der Waals surface area contributed by atoms with E-state index in [2.05, 4.69) is 11.9 Å². The Bertz CT molecular complexity index is 402. The molecule has 1 aliphatic heterocycles. The predicted octanol–water partition coefficient (Wildman–Crippen LogP) is -0.0205. The van der Waals surface area contributed by atoms with Crippen LogP contribution in [0.2, 0.25) is 0 Å². The topological polar surface area (TPSA) is 53.0 Å². The number of benzene rings is 1. The summed E-state index contributed by atoms with van der Waals surface area (Å²) in [6.07, 6.45) is 0. The fraction of sp³-hybridized carbons (Fsp3) is 0.417. The van der Waals surface area contributed by atoms with Crippen molar-refractivity contribution < 1.29 is 14.5 Å². The first-order chi connectivity index (χ1) is 8.70. The number of amides is 1. The quantitative estimate of drug-likeness (QED) is 0.762. The number of nitrogens with zero attached hydrogens (tertiary/aromatic N) is 2. The minimum Gasteiger partial charge on any atom is -0.537 e. The van der Waals surface area contributed by atoms with Crippen molar-refractivity contribution in [2.75, 3.05) is 33.2 Å². The molecule has 1 radical (unpaired) electrons. The van der Waals surface area contributed by atoms with Crippen molar-refractivity contribution in [2.24, 2.45) is 0 Å². The lowest BCUT2D eigenvalue weighted by Crippen LogP contribution is -2.47. The fourth-order valence-electron chi connectivity index (χ4n) is 1.93. The highest BCUT2D eigenvalue weighted by molar-refractivity contribution is 6.17. The summed E-state index contributed by atoms with van der Waals surface area (Å²) in [6.45, 7) is 3.34. The maximum absolute atomic E-state index is 12.2. The first-order valence-corrected chi connectivity index (χ1v) is 5.91. The van der Waals surface area contributed by atoms with Crippen LogP contribution in [0.3, 0.4) is 0 Å². The average Bonchev–Trinajstić information content (AvgIpc) is 2.40. The number of hydrogen-bond acceptors (Lipinski definition) is 4. The fourth-order valence-corrected chi connectivity index (χ4v) is 1.93. The van der Waals surface area contributed by atoms with Gasteiger partial charge in [-0.05, 0) is 31.3 Å². The van der Waals surface area contributed by atoms with Gasteiger partial charge in [-0.3, -0.25) is 4.79 Å². The molecule has 0 bridgehead atoms. The van der Waals surface area contributed by atoms with Crippen molar-refractivity contribution in [2.45, 2.75) is 0 Å². The summed E-state index contributed by atoms with van der Waals surface area (Å²) in [5.74, 6) is 0.551. The highest BCUT2D eigenvalue weighted by Crippen LogP contribution is 2.14. The van der Waals surface area contributed by atoms with E-state index in [1.807, 2.05) is 4.90 Å². The van der Waals surface area contributed by atoms with E-state index in [-0.39, 0.29) is 5.91 Å². The molecule has 0 atom stereocenters. The van der Waals surface area contributed by atoms with Gasteiger partial charge in [0.25, 0.3) is 5.91 Å². The molecule has 1 aromatic rings. The van der Waals surface area contributed by atoms with E-state index in [9.17, 15) is 4.79 Å². The molecule has 95 valence electrons. The molecule has 0 saturated carbocycles. The summed E-state index contributed by atoms with van der Waals surface area (Å²) in [7, 11) is 2.68. The molecule has 5 nitrogen and oxygen atoms in total. The third-order valence-electron chi connectivity index (χ3n) is 3.08. The van der Waals surface area contributed by atoms with Crippen LogP contribution in [0.1, 0.15) is 10.4 Å². The van der Waals surface area contributed by atoms with Crippen LogP contribution in [0.5, 0.6) is 5.75 Å². The molecule has 0 unspecified atom stereocenters. The van der Waals surface area contributed by atoms with Gasteiger partial charge < -0.3 is 19.5 Å². The Kier molecular flexibility index (Phi) is 4.22. The second-order valence-corrected chi connectivity index (χ2v) is 4.34. The Morgan fingerprint density at radius 3 is 2.39 bits per heavy atom. The third kappa shape index (κ3) is 3.03. The largest absolute Gasteiger partial charge is 0.569 e. The van der Waals surface area contributed by atoms with E-state index in [1.54, 1.807) is 24.3 Å². The molecule has 0 aromatic heterocycles. The zero-order valence-electron chi connectivity index (χ0n) is 10.4. The van der Waals surface area contributed by atoms with Gasteiger partial charge in [0.2, 0.25) is 0 Å². The van der Waals surface area contributed by atoms with E-state index in [0.29, 0.717) is 19.0 Å². The molecule has 18 heavy (non-hydrogen) atoms. The summed E-state index contributed by atoms with van der Waals surface area (Å²) < 4.78 is 4.80. The minimum atomic E-state index is 0.0441. The Morgan fingerprint density at radius 2 is 1.83 bits per heavy atom. The van der Waals surface area contributed by atoms with Crippen LogP contribution in [0, 0.1) is 0 Å². The maximum Gasteiger partial charge on any atom is 0.569 e. The lowest BCUT2D eigenvalue weighted by Gasteiger charge is -2.32. The van der Waals surface area contributed by atoms with Crippen LogP contribution in [0.15, 0.2) is 24.3 Å². The Morgan fingerprint density at radius 1 is 1.22 bits per heavy atom. The molecule has 1 amide bonds. The van der Waals surface area contributed by atoms with Gasteiger partial charge in [0, 0.05) is 31.7 Å². The zero-order valence-corrected chi connectivity index (χ0v) is 10.4. The molecule has 1 aromatic carbocycles. The number of carbonyl (C=O) groups is 1. The normalized spacial score (nSPS) is 16.4. The summed E-state index contributed by atoms with van der Waals surface area (Å²) >= 11 is 0. The molecule has 0 aliphatic carbocycles. The van der Waals surface area contributed by atoms with Crippen molar-refractivity contribution in [1.82, 2.24) is 9.80 Å². The van der Waals surface area contributed by atoms with E-state index >= 15 is 0 Å². The molecule has 1 saturated heterocycles. The van der Waals surface area contributed by atoms with Gasteiger partial charge >= 0.3 is 7.69 Å². The average molecular weight is 247 g/mol. The van der Waals surface area contributed by atoms with Crippen LogP contribution in [-0.4, -0.2) is 61.6 Å². The molecular weight excluding hydrogens is 231 g/mol. The molecule has 1 N–H and O–H groups in total. The van der Waals surface area contributed by atoms with Gasteiger partial charge in [0.15, 0.2) is 0 Å². The lowest BCUT2D eigenvalue weighted by molar-refractivity contribution is 0.0664. The monoisotopic (exact) mass is 247 g/mol. The van der Waals surface area contributed by atoms with E-state index in [4.69, 9.17) is 9.68 Å². The minimum absolute atomic E-state index is 0.0441. The van der Waals surface area contributed by atoms with Crippen molar-refractivity contribution in [3.63, 3.8) is 0 Å². The summed E-state index contributed by atoms with van der Waals surface area (Å²) in [6, 6.07) is 6.74. The zero-order chi connectivity index (χ0) is 13.0. The van der Waals surface area contributed by atoms with Crippen LogP contribution in [0.25, 0.3) is 0 Å². The number of hydrogen-bond donors (Lipinski definition) is 1. The van der Waals surface area contributed by atoms with Crippen LogP contribution < -0.4 is 4.65 Å². The second kappa shape index (κ2) is 5.88. The smallest absolute Gasteiger partial charge is 0.537 e. The van der Waals surface area contributed by atoms with Crippen LogP contribution in [-0.2, 0) is 0 Å². The number of likely N-dealkylation sites (N-methyl/N-ethyl adjacent to an activating group) is 1. The van der Waals surface area contributed by atoms with Gasteiger partial charge in [-0.15, -0.1) is 0 Å². The molecule has 6 heteroatoms. The number of piperazine rings is 1. The van der Waals surface area contributed by atoms with Gasteiger partial charge in [0.1, 0.15) is 5.75 Å². The van der Waals surface area contributed by atoms with Crippen molar-refractivity contribution in [1.29, 1.82) is 0 Å². The molecule has 0 spiro atoms. The van der Waals surface area contributed by atoms with Gasteiger partial charge in [-0.1, -0.05) is 0 Å². The summed E-state index contributed by atoms with van der Waals surface area (Å²) in [5.41, 5.74) is 0.643. The maximum atomic E-state index is 12.2. The van der Waals surface area contributed by atoms with Crippen molar-refractivity contribution in [3.05, 3.63) is 29.8 Å². The van der Waals surface area contributed by atoms with Crippen molar-refractivity contribution >= 4 is 13.6 Å². The molecular formula is C12H16BN2O3. The van der Waals surface area contributed by atoms with Gasteiger partial charge in [-0.25, -0.2) is 0 Å². The Balaban J connectivity index is 2.00. The predicted molar refractivity (Wildman–Crippen MR) is 68.4 cm³/mol. The third-order valence-corrected chi connectivity index (χ3v) is 3.08. The molecule has 1 aliphatic rings. The van der Waals surface area contributed by atoms with E-state index in [0.717, 1.165) is 26.2 Å². The summed E-state index contributed by atoms with van der Waals surface area (Å²) in [4.78, 5) is 16.2. The highest BCUT2D eigenvalue weighted by atomic mass is 16.5. The van der Waals surface area contributed by atoms with E-state index < -0.39 is 0 Å². The highest BCUT2D eigenvalue weighted by Gasteiger charge is 2.20. The molecule has 1 fully saturated rings. The van der Waals surface area contributed by atoms with E-state index in [1.165, 1.54) is 0 Å². The number of carbonyl (C=O) groups excluding carboxylic acids is 1. The van der Waals surface area contributed by atoms with Crippen molar-refractivity contribution in [3.8, 4) is 5.75 Å². The number of rotatable bonds is 3. The van der Waals surface area contributed by atoms with Crippen LogP contribution in [0.4, 0.5) is 0 Å². The SMILES string of the molecule is CN1CCN(C(=O)c2ccc(O[B]O)cc2)CC1.